The van der Waals surface area contributed by atoms with E-state index in [9.17, 15) is 4.79 Å². The molecule has 1 aliphatic heterocycles. The van der Waals surface area contributed by atoms with Crippen molar-refractivity contribution in [1.29, 1.82) is 0 Å². The third kappa shape index (κ3) is 5.23. The molecule has 30 heavy (non-hydrogen) atoms. The van der Waals surface area contributed by atoms with Gasteiger partial charge in [0.1, 0.15) is 18.2 Å². The van der Waals surface area contributed by atoms with E-state index in [1.54, 1.807) is 18.3 Å². The molecule has 2 aromatic carbocycles. The molecule has 1 aliphatic rings. The van der Waals surface area contributed by atoms with Crippen LogP contribution in [-0.4, -0.2) is 45.0 Å². The smallest absolute Gasteiger partial charge is 0.255 e. The highest BCUT2D eigenvalue weighted by Crippen LogP contribution is 2.21. The van der Waals surface area contributed by atoms with Crippen molar-refractivity contribution in [1.82, 2.24) is 14.5 Å². The van der Waals surface area contributed by atoms with Crippen LogP contribution in [0.15, 0.2) is 60.9 Å². The minimum absolute atomic E-state index is 0.118. The zero-order chi connectivity index (χ0) is 20.8. The fourth-order valence-corrected chi connectivity index (χ4v) is 4.34. The Morgan fingerprint density at radius 3 is 2.63 bits per heavy atom. The molecular weight excluding hydrogens is 396 g/mol. The molecule has 4 rings (SSSR count). The van der Waals surface area contributed by atoms with E-state index >= 15 is 0 Å². The van der Waals surface area contributed by atoms with Crippen LogP contribution >= 0.6 is 11.8 Å². The highest BCUT2D eigenvalue weighted by Gasteiger charge is 2.14. The second-order valence-corrected chi connectivity index (χ2v) is 8.49. The Balaban J connectivity index is 1.37. The lowest BCUT2D eigenvalue weighted by Crippen LogP contribution is -2.32. The first kappa shape index (κ1) is 20.5. The number of nitrogens with one attached hydrogen (secondary N) is 1. The number of hydrogen-bond acceptors (Lipinski definition) is 5. The second kappa shape index (κ2) is 9.82. The lowest BCUT2D eigenvalue weighted by molar-refractivity contribution is 0.102. The third-order valence-corrected chi connectivity index (χ3v) is 6.11. The number of anilines is 1. The standard InChI is InChI=1S/C23H26N4O2S/c1-26-11-10-24-22(26)17-29-20-8-6-18(7-9-20)23(28)25-21-5-3-2-4-19(21)16-27-12-14-30-15-13-27/h2-11H,12-17H2,1H3,(H,25,28). The molecule has 0 aliphatic carbocycles. The van der Waals surface area contributed by atoms with Crippen molar-refractivity contribution in [3.05, 3.63) is 77.9 Å². The van der Waals surface area contributed by atoms with Crippen molar-refractivity contribution in [3.8, 4) is 5.75 Å². The number of ether oxygens (including phenoxy) is 1. The van der Waals surface area contributed by atoms with Gasteiger partial charge in [0.15, 0.2) is 0 Å². The van der Waals surface area contributed by atoms with E-state index in [4.69, 9.17) is 4.74 Å². The average Bonchev–Trinajstić information content (AvgIpc) is 3.19. The molecule has 1 aromatic heterocycles. The summed E-state index contributed by atoms with van der Waals surface area (Å²) in [5, 5.41) is 3.07. The minimum Gasteiger partial charge on any atom is -0.486 e. The summed E-state index contributed by atoms with van der Waals surface area (Å²) in [6.07, 6.45) is 3.63. The number of thioether (sulfide) groups is 1. The normalized spacial score (nSPS) is 14.4. The van der Waals surface area contributed by atoms with E-state index in [1.807, 2.05) is 59.9 Å². The van der Waals surface area contributed by atoms with Crippen LogP contribution in [0.2, 0.25) is 0 Å². The summed E-state index contributed by atoms with van der Waals surface area (Å²) in [6.45, 7) is 3.42. The topological polar surface area (TPSA) is 59.4 Å². The van der Waals surface area contributed by atoms with E-state index in [-0.39, 0.29) is 5.91 Å². The number of benzene rings is 2. The van der Waals surface area contributed by atoms with E-state index in [0.717, 1.165) is 36.7 Å². The summed E-state index contributed by atoms with van der Waals surface area (Å²) in [6, 6.07) is 15.2. The number of rotatable bonds is 7. The number of aryl methyl sites for hydroxylation is 1. The molecule has 0 bridgehead atoms. The molecule has 1 amide bonds. The van der Waals surface area contributed by atoms with Crippen LogP contribution in [0.25, 0.3) is 0 Å². The first-order valence-electron chi connectivity index (χ1n) is 10.1. The van der Waals surface area contributed by atoms with E-state index in [2.05, 4.69) is 21.3 Å². The lowest BCUT2D eigenvalue weighted by atomic mass is 10.1. The van der Waals surface area contributed by atoms with Crippen molar-refractivity contribution in [2.45, 2.75) is 13.2 Å². The summed E-state index contributed by atoms with van der Waals surface area (Å²) < 4.78 is 7.68. The quantitative estimate of drug-likeness (QED) is 0.628. The van der Waals surface area contributed by atoms with Crippen molar-refractivity contribution in [2.75, 3.05) is 29.9 Å². The predicted molar refractivity (Wildman–Crippen MR) is 121 cm³/mol. The molecule has 0 unspecified atom stereocenters. The van der Waals surface area contributed by atoms with Crippen LogP contribution in [-0.2, 0) is 20.2 Å². The van der Waals surface area contributed by atoms with Gasteiger partial charge in [0.05, 0.1) is 0 Å². The van der Waals surface area contributed by atoms with E-state index in [1.165, 1.54) is 11.5 Å². The number of para-hydroxylation sites is 1. The van der Waals surface area contributed by atoms with Crippen LogP contribution in [0.4, 0.5) is 5.69 Å². The van der Waals surface area contributed by atoms with Gasteiger partial charge in [-0.2, -0.15) is 11.8 Å². The number of imidazole rings is 1. The van der Waals surface area contributed by atoms with Gasteiger partial charge in [-0.1, -0.05) is 18.2 Å². The number of aromatic nitrogens is 2. The molecule has 0 atom stereocenters. The maximum atomic E-state index is 12.8. The van der Waals surface area contributed by atoms with Gasteiger partial charge in [-0.05, 0) is 35.9 Å². The Morgan fingerprint density at radius 2 is 1.90 bits per heavy atom. The van der Waals surface area contributed by atoms with Gasteiger partial charge in [-0.3, -0.25) is 9.69 Å². The van der Waals surface area contributed by atoms with Crippen LogP contribution < -0.4 is 10.1 Å². The first-order chi connectivity index (χ1) is 14.7. The van der Waals surface area contributed by atoms with Crippen LogP contribution in [0, 0.1) is 0 Å². The predicted octanol–water partition coefficient (Wildman–Crippen LogP) is 3.80. The van der Waals surface area contributed by atoms with Gasteiger partial charge in [-0.15, -0.1) is 0 Å². The summed E-state index contributed by atoms with van der Waals surface area (Å²) in [7, 11) is 1.93. The molecule has 1 N–H and O–H groups in total. The zero-order valence-electron chi connectivity index (χ0n) is 17.1. The molecule has 2 heterocycles. The van der Waals surface area contributed by atoms with Crippen molar-refractivity contribution < 1.29 is 9.53 Å². The fraction of sp³-hybridized carbons (Fsp3) is 0.304. The van der Waals surface area contributed by atoms with Gasteiger partial charge in [0.2, 0.25) is 0 Å². The number of nitrogens with zero attached hydrogens (tertiary/aromatic N) is 3. The van der Waals surface area contributed by atoms with E-state index in [0.29, 0.717) is 17.9 Å². The highest BCUT2D eigenvalue weighted by molar-refractivity contribution is 7.99. The van der Waals surface area contributed by atoms with Gasteiger partial charge >= 0.3 is 0 Å². The van der Waals surface area contributed by atoms with Gasteiger partial charge in [-0.25, -0.2) is 4.98 Å². The Morgan fingerprint density at radius 1 is 1.13 bits per heavy atom. The molecule has 0 spiro atoms. The van der Waals surface area contributed by atoms with Crippen molar-refractivity contribution >= 4 is 23.4 Å². The summed E-state index contributed by atoms with van der Waals surface area (Å²) in [5.41, 5.74) is 2.62. The summed E-state index contributed by atoms with van der Waals surface area (Å²) in [5.74, 6) is 3.78. The fourth-order valence-electron chi connectivity index (χ4n) is 3.36. The van der Waals surface area contributed by atoms with Gasteiger partial charge < -0.3 is 14.6 Å². The highest BCUT2D eigenvalue weighted by atomic mass is 32.2. The Kier molecular flexibility index (Phi) is 6.71. The first-order valence-corrected chi connectivity index (χ1v) is 11.2. The molecule has 1 fully saturated rings. The second-order valence-electron chi connectivity index (χ2n) is 7.27. The minimum atomic E-state index is -0.118. The van der Waals surface area contributed by atoms with Crippen LogP contribution in [0.3, 0.4) is 0 Å². The molecular formula is C23H26N4O2S. The number of amides is 1. The largest absolute Gasteiger partial charge is 0.486 e. The monoisotopic (exact) mass is 422 g/mol. The van der Waals surface area contributed by atoms with Crippen molar-refractivity contribution in [2.24, 2.45) is 7.05 Å². The zero-order valence-corrected chi connectivity index (χ0v) is 17.9. The molecule has 0 radical (unpaired) electrons. The maximum Gasteiger partial charge on any atom is 0.255 e. The van der Waals surface area contributed by atoms with Gasteiger partial charge in [0.25, 0.3) is 5.91 Å². The van der Waals surface area contributed by atoms with Crippen LogP contribution in [0.5, 0.6) is 5.75 Å². The molecule has 7 heteroatoms. The Labute approximate surface area is 181 Å². The van der Waals surface area contributed by atoms with E-state index < -0.39 is 0 Å². The number of carbonyl (C=O) groups excluding carboxylic acids is 1. The number of hydrogen-bond donors (Lipinski definition) is 1. The number of carbonyl (C=O) groups is 1. The average molecular weight is 423 g/mol. The van der Waals surface area contributed by atoms with Crippen LogP contribution in [0.1, 0.15) is 21.7 Å². The van der Waals surface area contributed by atoms with Gasteiger partial charge in [0, 0.05) is 61.8 Å². The molecule has 1 saturated heterocycles. The summed E-state index contributed by atoms with van der Waals surface area (Å²) in [4.78, 5) is 19.5. The Hall–Kier alpha value is -2.77. The molecule has 156 valence electrons. The molecule has 6 nitrogen and oxygen atoms in total. The Bertz CT molecular complexity index is 981. The van der Waals surface area contributed by atoms with Crippen molar-refractivity contribution in [3.63, 3.8) is 0 Å². The lowest BCUT2D eigenvalue weighted by Gasteiger charge is -2.27. The summed E-state index contributed by atoms with van der Waals surface area (Å²) >= 11 is 2.00. The molecule has 0 saturated carbocycles. The third-order valence-electron chi connectivity index (χ3n) is 5.17. The SMILES string of the molecule is Cn1ccnc1COc1ccc(C(=O)Nc2ccccc2CN2CCSCC2)cc1. The molecule has 3 aromatic rings. The maximum absolute atomic E-state index is 12.8.